The second-order valence-corrected chi connectivity index (χ2v) is 2.96. The molecule has 0 saturated carbocycles. The minimum atomic E-state index is -0.162. The molecule has 0 fully saturated rings. The zero-order valence-electron chi connectivity index (χ0n) is 6.90. The molecular weight excluding hydrogens is 152 g/mol. The topological polar surface area (TPSA) is 34.1 Å². The molecule has 0 unspecified atom stereocenters. The Morgan fingerprint density at radius 3 is 2.67 bits per heavy atom. The molecule has 0 N–H and O–H groups in total. The first-order chi connectivity index (χ1) is 5.79. The van der Waals surface area contributed by atoms with Crippen LogP contribution in [0.2, 0.25) is 0 Å². The van der Waals surface area contributed by atoms with E-state index in [2.05, 4.69) is 6.58 Å². The third-order valence-electron chi connectivity index (χ3n) is 2.22. The van der Waals surface area contributed by atoms with Gasteiger partial charge in [-0.1, -0.05) is 18.7 Å². The van der Waals surface area contributed by atoms with Gasteiger partial charge in [0.05, 0.1) is 0 Å². The molecule has 0 heterocycles. The summed E-state index contributed by atoms with van der Waals surface area (Å²) in [6.07, 6.45) is 7.44. The van der Waals surface area contributed by atoms with Crippen molar-refractivity contribution in [2.75, 3.05) is 0 Å². The molecule has 1 aliphatic carbocycles. The molecule has 1 rings (SSSR count). The van der Waals surface area contributed by atoms with E-state index < -0.39 is 0 Å². The van der Waals surface area contributed by atoms with Crippen molar-refractivity contribution >= 4 is 12.1 Å². The Labute approximate surface area is 72.0 Å². The number of hydrogen-bond donors (Lipinski definition) is 0. The number of allylic oxidation sites excluding steroid dienone is 3. The fourth-order valence-electron chi connectivity index (χ4n) is 1.46. The Balaban J connectivity index is 2.73. The Morgan fingerprint density at radius 2 is 2.08 bits per heavy atom. The van der Waals surface area contributed by atoms with E-state index in [4.69, 9.17) is 0 Å². The lowest BCUT2D eigenvalue weighted by Crippen LogP contribution is -2.24. The quantitative estimate of drug-likeness (QED) is 0.360. The van der Waals surface area contributed by atoms with E-state index in [1.807, 2.05) is 12.2 Å². The fraction of sp³-hybridized carbons (Fsp3) is 0.400. The van der Waals surface area contributed by atoms with Gasteiger partial charge >= 0.3 is 0 Å². The Kier molecular flexibility index (Phi) is 2.97. The summed E-state index contributed by atoms with van der Waals surface area (Å²) in [4.78, 5) is 21.8. The van der Waals surface area contributed by atoms with Crippen LogP contribution in [0.3, 0.4) is 0 Å². The molecule has 0 aromatic rings. The molecule has 1 aliphatic rings. The van der Waals surface area contributed by atoms with Gasteiger partial charge in [-0.05, 0) is 18.9 Å². The van der Waals surface area contributed by atoms with Crippen LogP contribution in [0, 0.1) is 11.8 Å². The van der Waals surface area contributed by atoms with Gasteiger partial charge in [0.25, 0.3) is 0 Å². The molecule has 0 amide bonds. The predicted octanol–water partition coefficient (Wildman–Crippen LogP) is 1.52. The monoisotopic (exact) mass is 164 g/mol. The summed E-state index contributed by atoms with van der Waals surface area (Å²) in [5.41, 5.74) is 0. The smallest absolute Gasteiger partial charge is 0.159 e. The lowest BCUT2D eigenvalue weighted by molar-refractivity contribution is -0.124. The van der Waals surface area contributed by atoms with Crippen LogP contribution in [0.4, 0.5) is 0 Å². The molecule has 0 saturated heterocycles. The number of carbonyl (C=O) groups excluding carboxylic acids is 2. The van der Waals surface area contributed by atoms with Crippen LogP contribution in [0.5, 0.6) is 0 Å². The molecule has 0 aromatic heterocycles. The van der Waals surface area contributed by atoms with Crippen molar-refractivity contribution in [1.82, 2.24) is 0 Å². The Bertz CT molecular complexity index is 228. The van der Waals surface area contributed by atoms with Gasteiger partial charge in [-0.3, -0.25) is 4.79 Å². The molecule has 0 radical (unpaired) electrons. The van der Waals surface area contributed by atoms with Crippen LogP contribution in [0.15, 0.2) is 24.8 Å². The van der Waals surface area contributed by atoms with Crippen molar-refractivity contribution in [3.05, 3.63) is 24.8 Å². The van der Waals surface area contributed by atoms with Crippen LogP contribution in [-0.2, 0) is 9.59 Å². The van der Waals surface area contributed by atoms with Gasteiger partial charge in [-0.15, -0.1) is 0 Å². The summed E-state index contributed by atoms with van der Waals surface area (Å²) in [6, 6.07) is 0. The van der Waals surface area contributed by atoms with Gasteiger partial charge in [0.2, 0.25) is 0 Å². The van der Waals surface area contributed by atoms with E-state index in [-0.39, 0.29) is 17.6 Å². The minimum absolute atomic E-state index is 0.0172. The van der Waals surface area contributed by atoms with Crippen molar-refractivity contribution in [3.8, 4) is 0 Å². The van der Waals surface area contributed by atoms with Gasteiger partial charge in [-0.25, -0.2) is 0 Å². The first kappa shape index (κ1) is 8.91. The van der Waals surface area contributed by atoms with E-state index in [9.17, 15) is 9.59 Å². The van der Waals surface area contributed by atoms with E-state index in [1.165, 1.54) is 6.08 Å². The van der Waals surface area contributed by atoms with Crippen molar-refractivity contribution in [3.63, 3.8) is 0 Å². The van der Waals surface area contributed by atoms with Crippen molar-refractivity contribution in [1.29, 1.82) is 0 Å². The predicted molar refractivity (Wildman–Crippen MR) is 46.6 cm³/mol. The number of ketones is 1. The molecule has 2 heteroatoms. The van der Waals surface area contributed by atoms with Gasteiger partial charge in [0.15, 0.2) is 5.78 Å². The zero-order chi connectivity index (χ0) is 8.97. The van der Waals surface area contributed by atoms with Crippen molar-refractivity contribution in [2.24, 2.45) is 11.8 Å². The summed E-state index contributed by atoms with van der Waals surface area (Å²) < 4.78 is 0. The SMILES string of the molecule is C=CC(=O)[C@H]1CC=CC[C@@H]1C=O. The highest BCUT2D eigenvalue weighted by Gasteiger charge is 2.26. The summed E-state index contributed by atoms with van der Waals surface area (Å²) in [7, 11) is 0. The molecule has 0 aromatic carbocycles. The van der Waals surface area contributed by atoms with Crippen molar-refractivity contribution < 1.29 is 9.59 Å². The van der Waals surface area contributed by atoms with E-state index in [1.54, 1.807) is 0 Å². The Hall–Kier alpha value is -1.18. The van der Waals surface area contributed by atoms with Gasteiger partial charge in [-0.2, -0.15) is 0 Å². The highest BCUT2D eigenvalue weighted by atomic mass is 16.1. The second kappa shape index (κ2) is 4.00. The molecule has 64 valence electrons. The van der Waals surface area contributed by atoms with E-state index >= 15 is 0 Å². The Morgan fingerprint density at radius 1 is 1.42 bits per heavy atom. The maximum absolute atomic E-state index is 11.2. The summed E-state index contributed by atoms with van der Waals surface area (Å²) >= 11 is 0. The average Bonchev–Trinajstić information content (AvgIpc) is 2.16. The van der Waals surface area contributed by atoms with E-state index in [0.717, 1.165) is 6.29 Å². The normalized spacial score (nSPS) is 28.0. The standard InChI is InChI=1S/C10H12O2/c1-2-10(12)9-6-4-3-5-8(9)7-11/h2-4,7-9H,1,5-6H2/t8-,9+/m1/s1. The number of aldehydes is 1. The number of hydrogen-bond acceptors (Lipinski definition) is 2. The molecule has 0 bridgehead atoms. The van der Waals surface area contributed by atoms with Crippen LogP contribution >= 0.6 is 0 Å². The molecule has 0 aliphatic heterocycles. The number of carbonyl (C=O) groups is 2. The van der Waals surface area contributed by atoms with Gasteiger partial charge in [0.1, 0.15) is 6.29 Å². The van der Waals surface area contributed by atoms with E-state index in [0.29, 0.717) is 12.8 Å². The highest BCUT2D eigenvalue weighted by Crippen LogP contribution is 2.24. The minimum Gasteiger partial charge on any atom is -0.303 e. The summed E-state index contributed by atoms with van der Waals surface area (Å²) in [5.74, 6) is -0.318. The van der Waals surface area contributed by atoms with Crippen LogP contribution in [0.1, 0.15) is 12.8 Å². The third kappa shape index (κ3) is 1.70. The van der Waals surface area contributed by atoms with Crippen molar-refractivity contribution in [2.45, 2.75) is 12.8 Å². The van der Waals surface area contributed by atoms with Gasteiger partial charge in [0, 0.05) is 11.8 Å². The van der Waals surface area contributed by atoms with Crippen LogP contribution < -0.4 is 0 Å². The molecule has 2 nitrogen and oxygen atoms in total. The van der Waals surface area contributed by atoms with Crippen LogP contribution in [0.25, 0.3) is 0 Å². The molecule has 2 atom stereocenters. The average molecular weight is 164 g/mol. The maximum Gasteiger partial charge on any atom is 0.159 e. The molecule has 0 spiro atoms. The lowest BCUT2D eigenvalue weighted by atomic mass is 9.81. The fourth-order valence-corrected chi connectivity index (χ4v) is 1.46. The third-order valence-corrected chi connectivity index (χ3v) is 2.22. The summed E-state index contributed by atoms with van der Waals surface area (Å²) in [6.45, 7) is 3.41. The number of rotatable bonds is 3. The largest absolute Gasteiger partial charge is 0.303 e. The first-order valence-corrected chi connectivity index (χ1v) is 4.06. The first-order valence-electron chi connectivity index (χ1n) is 4.06. The molecule has 12 heavy (non-hydrogen) atoms. The van der Waals surface area contributed by atoms with Crippen LogP contribution in [-0.4, -0.2) is 12.1 Å². The lowest BCUT2D eigenvalue weighted by Gasteiger charge is -2.20. The molecular formula is C10H12O2. The summed E-state index contributed by atoms with van der Waals surface area (Å²) in [5, 5.41) is 0. The zero-order valence-corrected chi connectivity index (χ0v) is 6.90. The highest BCUT2D eigenvalue weighted by molar-refractivity contribution is 5.93. The maximum atomic E-state index is 11.2. The second-order valence-electron chi connectivity index (χ2n) is 2.96. The van der Waals surface area contributed by atoms with Gasteiger partial charge < -0.3 is 4.79 Å².